The van der Waals surface area contributed by atoms with Gasteiger partial charge in [-0.25, -0.2) is 0 Å². The van der Waals surface area contributed by atoms with E-state index >= 15 is 0 Å². The molecule has 0 aliphatic carbocycles. The second-order valence-electron chi connectivity index (χ2n) is 4.27. The van der Waals surface area contributed by atoms with E-state index in [2.05, 4.69) is 15.9 Å². The minimum Gasteiger partial charge on any atom is -0.458 e. The zero-order chi connectivity index (χ0) is 11.6. The standard InChI is InChI=1S/C12H17BrO2/c1-7(2)5-9-6-10(13)12(15-9)11(14)8(3)4/h5-6,8,11,14H,1-4H3. The summed E-state index contributed by atoms with van der Waals surface area (Å²) < 4.78 is 6.40. The molecule has 1 aromatic heterocycles. The third-order valence-electron chi connectivity index (χ3n) is 2.06. The first-order valence-corrected chi connectivity index (χ1v) is 5.83. The first-order chi connectivity index (χ1) is 6.91. The van der Waals surface area contributed by atoms with Crippen molar-refractivity contribution in [1.82, 2.24) is 0 Å². The molecule has 0 bridgehead atoms. The van der Waals surface area contributed by atoms with Crippen LogP contribution >= 0.6 is 15.9 Å². The van der Waals surface area contributed by atoms with Gasteiger partial charge in [-0.1, -0.05) is 19.4 Å². The molecule has 0 aliphatic heterocycles. The minimum atomic E-state index is -0.557. The van der Waals surface area contributed by atoms with E-state index in [-0.39, 0.29) is 5.92 Å². The summed E-state index contributed by atoms with van der Waals surface area (Å²) in [6, 6.07) is 1.88. The third kappa shape index (κ3) is 3.21. The summed E-state index contributed by atoms with van der Waals surface area (Å²) in [5, 5.41) is 9.88. The Bertz CT molecular complexity index is 360. The van der Waals surface area contributed by atoms with E-state index in [1.54, 1.807) is 0 Å². The summed E-state index contributed by atoms with van der Waals surface area (Å²) in [5.41, 5.74) is 1.17. The monoisotopic (exact) mass is 272 g/mol. The van der Waals surface area contributed by atoms with Gasteiger partial charge in [-0.3, -0.25) is 0 Å². The fraction of sp³-hybridized carbons (Fsp3) is 0.500. The Morgan fingerprint density at radius 2 is 2.07 bits per heavy atom. The van der Waals surface area contributed by atoms with Gasteiger partial charge in [0.15, 0.2) is 0 Å². The fourth-order valence-electron chi connectivity index (χ4n) is 1.26. The number of aliphatic hydroxyl groups is 1. The van der Waals surface area contributed by atoms with Crippen LogP contribution < -0.4 is 0 Å². The van der Waals surface area contributed by atoms with E-state index in [9.17, 15) is 5.11 Å². The lowest BCUT2D eigenvalue weighted by Crippen LogP contribution is -2.04. The van der Waals surface area contributed by atoms with Crippen molar-refractivity contribution in [3.63, 3.8) is 0 Å². The second kappa shape index (κ2) is 4.99. The maximum atomic E-state index is 9.88. The summed E-state index contributed by atoms with van der Waals surface area (Å²) in [5.74, 6) is 1.53. The SMILES string of the molecule is CC(C)=Cc1cc(Br)c(C(O)C(C)C)o1. The Morgan fingerprint density at radius 1 is 1.47 bits per heavy atom. The molecule has 0 aliphatic rings. The van der Waals surface area contributed by atoms with Gasteiger partial charge in [0.05, 0.1) is 4.47 Å². The van der Waals surface area contributed by atoms with Crippen molar-refractivity contribution in [3.8, 4) is 0 Å². The van der Waals surface area contributed by atoms with Gasteiger partial charge in [0.2, 0.25) is 0 Å². The lowest BCUT2D eigenvalue weighted by atomic mass is 10.1. The Morgan fingerprint density at radius 3 is 2.53 bits per heavy atom. The molecule has 84 valence electrons. The van der Waals surface area contributed by atoms with Crippen LogP contribution in [0.3, 0.4) is 0 Å². The Hall–Kier alpha value is -0.540. The molecule has 1 rings (SSSR count). The van der Waals surface area contributed by atoms with Crippen LogP contribution in [-0.2, 0) is 0 Å². The van der Waals surface area contributed by atoms with Gasteiger partial charge in [0.25, 0.3) is 0 Å². The first-order valence-electron chi connectivity index (χ1n) is 5.04. The maximum Gasteiger partial charge on any atom is 0.147 e. The first kappa shape index (κ1) is 12.5. The quantitative estimate of drug-likeness (QED) is 0.897. The predicted molar refractivity (Wildman–Crippen MR) is 65.5 cm³/mol. The predicted octanol–water partition coefficient (Wildman–Crippen LogP) is 4.15. The number of furan rings is 1. The number of rotatable bonds is 3. The molecule has 0 radical (unpaired) electrons. The molecular weight excluding hydrogens is 256 g/mol. The molecule has 1 aromatic rings. The summed E-state index contributed by atoms with van der Waals surface area (Å²) in [6.45, 7) is 7.93. The van der Waals surface area contributed by atoms with E-state index in [4.69, 9.17) is 4.42 Å². The number of hydrogen-bond donors (Lipinski definition) is 1. The van der Waals surface area contributed by atoms with Crippen LogP contribution in [0.25, 0.3) is 6.08 Å². The average molecular weight is 273 g/mol. The lowest BCUT2D eigenvalue weighted by molar-refractivity contribution is 0.101. The van der Waals surface area contributed by atoms with Gasteiger partial charge in [-0.15, -0.1) is 0 Å². The Kier molecular flexibility index (Phi) is 4.17. The van der Waals surface area contributed by atoms with E-state index in [0.717, 1.165) is 10.2 Å². The van der Waals surface area contributed by atoms with Crippen LogP contribution in [0.2, 0.25) is 0 Å². The van der Waals surface area contributed by atoms with Gasteiger partial charge in [-0.2, -0.15) is 0 Å². The third-order valence-corrected chi connectivity index (χ3v) is 2.68. The Balaban J connectivity index is 3.01. The van der Waals surface area contributed by atoms with Crippen molar-refractivity contribution in [3.05, 3.63) is 27.6 Å². The maximum absolute atomic E-state index is 9.88. The summed E-state index contributed by atoms with van der Waals surface area (Å²) in [4.78, 5) is 0. The largest absolute Gasteiger partial charge is 0.458 e. The molecule has 0 spiro atoms. The second-order valence-corrected chi connectivity index (χ2v) is 5.13. The molecule has 1 N–H and O–H groups in total. The molecular formula is C12H17BrO2. The van der Waals surface area contributed by atoms with Gasteiger partial charge in [-0.05, 0) is 47.8 Å². The average Bonchev–Trinajstić information content (AvgIpc) is 2.44. The van der Waals surface area contributed by atoms with Crippen molar-refractivity contribution >= 4 is 22.0 Å². The number of aliphatic hydroxyl groups excluding tert-OH is 1. The van der Waals surface area contributed by atoms with E-state index in [1.807, 2.05) is 39.8 Å². The van der Waals surface area contributed by atoms with Crippen LogP contribution in [0.15, 0.2) is 20.5 Å². The number of halogens is 1. The topological polar surface area (TPSA) is 33.4 Å². The van der Waals surface area contributed by atoms with Crippen LogP contribution in [0.4, 0.5) is 0 Å². The highest BCUT2D eigenvalue weighted by molar-refractivity contribution is 9.10. The van der Waals surface area contributed by atoms with Crippen LogP contribution in [-0.4, -0.2) is 5.11 Å². The molecule has 15 heavy (non-hydrogen) atoms. The molecule has 3 heteroatoms. The Labute approximate surface area is 99.1 Å². The van der Waals surface area contributed by atoms with E-state index < -0.39 is 6.10 Å². The molecule has 2 nitrogen and oxygen atoms in total. The summed E-state index contributed by atoms with van der Waals surface area (Å²) in [7, 11) is 0. The van der Waals surface area contributed by atoms with Gasteiger partial charge in [0.1, 0.15) is 17.6 Å². The highest BCUT2D eigenvalue weighted by Gasteiger charge is 2.19. The van der Waals surface area contributed by atoms with Gasteiger partial charge in [0, 0.05) is 0 Å². The van der Waals surface area contributed by atoms with Crippen molar-refractivity contribution < 1.29 is 9.52 Å². The normalized spacial score (nSPS) is 13.0. The molecule has 0 amide bonds. The van der Waals surface area contributed by atoms with E-state index in [1.165, 1.54) is 5.57 Å². The van der Waals surface area contributed by atoms with Crippen LogP contribution in [0.5, 0.6) is 0 Å². The molecule has 0 saturated heterocycles. The van der Waals surface area contributed by atoms with Crippen molar-refractivity contribution in [2.75, 3.05) is 0 Å². The highest BCUT2D eigenvalue weighted by Crippen LogP contribution is 2.32. The molecule has 1 atom stereocenters. The minimum absolute atomic E-state index is 0.145. The molecule has 0 saturated carbocycles. The molecule has 1 unspecified atom stereocenters. The zero-order valence-corrected chi connectivity index (χ0v) is 11.1. The zero-order valence-electron chi connectivity index (χ0n) is 9.54. The highest BCUT2D eigenvalue weighted by atomic mass is 79.9. The number of hydrogen-bond acceptors (Lipinski definition) is 2. The lowest BCUT2D eigenvalue weighted by Gasteiger charge is -2.11. The van der Waals surface area contributed by atoms with E-state index in [0.29, 0.717) is 5.76 Å². The molecule has 0 aromatic carbocycles. The van der Waals surface area contributed by atoms with Crippen molar-refractivity contribution in [2.45, 2.75) is 33.8 Å². The summed E-state index contributed by atoms with van der Waals surface area (Å²) >= 11 is 3.39. The van der Waals surface area contributed by atoms with Crippen molar-refractivity contribution in [1.29, 1.82) is 0 Å². The fourth-order valence-corrected chi connectivity index (χ4v) is 1.80. The van der Waals surface area contributed by atoms with Gasteiger partial charge >= 0.3 is 0 Å². The van der Waals surface area contributed by atoms with Crippen LogP contribution in [0.1, 0.15) is 45.3 Å². The number of allylic oxidation sites excluding steroid dienone is 1. The van der Waals surface area contributed by atoms with Crippen molar-refractivity contribution in [2.24, 2.45) is 5.92 Å². The molecule has 0 fully saturated rings. The molecule has 1 heterocycles. The summed E-state index contributed by atoms with van der Waals surface area (Å²) in [6.07, 6.45) is 1.39. The smallest absolute Gasteiger partial charge is 0.147 e. The van der Waals surface area contributed by atoms with Crippen LogP contribution in [0, 0.1) is 5.92 Å². The van der Waals surface area contributed by atoms with Gasteiger partial charge < -0.3 is 9.52 Å².